The molecule has 4 aliphatic rings. The van der Waals surface area contributed by atoms with Crippen molar-refractivity contribution in [3.8, 4) is 0 Å². The van der Waals surface area contributed by atoms with Crippen LogP contribution in [0.2, 0.25) is 0 Å². The van der Waals surface area contributed by atoms with Gasteiger partial charge in [-0.2, -0.15) is 0 Å². The van der Waals surface area contributed by atoms with Crippen molar-refractivity contribution < 1.29 is 23.9 Å². The van der Waals surface area contributed by atoms with E-state index in [-0.39, 0.29) is 29.6 Å². The molecule has 2 N–H and O–H groups in total. The van der Waals surface area contributed by atoms with Crippen LogP contribution >= 0.6 is 0 Å². The summed E-state index contributed by atoms with van der Waals surface area (Å²) in [4.78, 5) is 46.6. The van der Waals surface area contributed by atoms with Crippen LogP contribution in [0.4, 0.5) is 5.69 Å². The average Bonchev–Trinajstić information content (AvgIpc) is 3.63. The highest BCUT2D eigenvalue weighted by Gasteiger charge is 2.50. The van der Waals surface area contributed by atoms with Gasteiger partial charge in [-0.05, 0) is 80.7 Å². The minimum absolute atomic E-state index is 0.0646. The van der Waals surface area contributed by atoms with Crippen molar-refractivity contribution in [2.45, 2.75) is 96.2 Å². The summed E-state index contributed by atoms with van der Waals surface area (Å²) in [5.74, 6) is -1.03. The van der Waals surface area contributed by atoms with Gasteiger partial charge >= 0.3 is 0 Å². The van der Waals surface area contributed by atoms with Crippen LogP contribution in [0.15, 0.2) is 48.5 Å². The van der Waals surface area contributed by atoms with E-state index >= 15 is 0 Å². The number of carbonyl (C=O) groups excluding carboxylic acids is 3. The minimum atomic E-state index is -0.947. The van der Waals surface area contributed by atoms with E-state index in [0.717, 1.165) is 44.5 Å². The molecule has 45 heavy (non-hydrogen) atoms. The van der Waals surface area contributed by atoms with Gasteiger partial charge in [0.1, 0.15) is 18.1 Å². The van der Waals surface area contributed by atoms with Gasteiger partial charge in [-0.3, -0.25) is 14.4 Å². The molecular formula is C36H48N4O5. The molecule has 1 aliphatic carbocycles. The predicted octanol–water partition coefficient (Wildman–Crippen LogP) is 4.14. The first kappa shape index (κ1) is 31.5. The first-order chi connectivity index (χ1) is 21.4. The number of benzene rings is 2. The summed E-state index contributed by atoms with van der Waals surface area (Å²) in [6.07, 6.45) is 3.50. The summed E-state index contributed by atoms with van der Waals surface area (Å²) in [5, 5.41) is 6.23. The molecule has 0 aromatic heterocycles. The summed E-state index contributed by atoms with van der Waals surface area (Å²) >= 11 is 0. The fraction of sp³-hybridized carbons (Fsp3) is 0.583. The maximum Gasteiger partial charge on any atom is 0.247 e. The highest BCUT2D eigenvalue weighted by atomic mass is 16.7. The Kier molecular flexibility index (Phi) is 8.69. The first-order valence-electron chi connectivity index (χ1n) is 16.6. The Morgan fingerprint density at radius 3 is 2.13 bits per heavy atom. The van der Waals surface area contributed by atoms with Gasteiger partial charge in [0.15, 0.2) is 5.79 Å². The molecule has 3 amide bonds. The Hall–Kier alpha value is -3.43. The predicted molar refractivity (Wildman–Crippen MR) is 173 cm³/mol. The molecule has 0 saturated carbocycles. The van der Waals surface area contributed by atoms with Crippen LogP contribution in [0.3, 0.4) is 0 Å². The lowest BCUT2D eigenvalue weighted by Gasteiger charge is -2.45. The monoisotopic (exact) mass is 616 g/mol. The molecule has 9 nitrogen and oxygen atoms in total. The van der Waals surface area contributed by atoms with E-state index in [2.05, 4.69) is 27.7 Å². The van der Waals surface area contributed by atoms with Crippen LogP contribution in [0.25, 0.3) is 0 Å². The van der Waals surface area contributed by atoms with Crippen LogP contribution < -0.4 is 15.5 Å². The fourth-order valence-electron chi connectivity index (χ4n) is 7.51. The molecule has 1 spiro atoms. The molecule has 3 atom stereocenters. The molecule has 3 heterocycles. The highest BCUT2D eigenvalue weighted by Crippen LogP contribution is 2.37. The summed E-state index contributed by atoms with van der Waals surface area (Å²) in [7, 11) is 0. The van der Waals surface area contributed by atoms with Gasteiger partial charge in [0, 0.05) is 37.2 Å². The first-order valence-corrected chi connectivity index (χ1v) is 16.6. The number of fused-ring (bicyclic) bond motifs is 1. The zero-order chi connectivity index (χ0) is 31.9. The second-order valence-electron chi connectivity index (χ2n) is 14.6. The van der Waals surface area contributed by atoms with Crippen LogP contribution in [0.5, 0.6) is 0 Å². The quantitative estimate of drug-likeness (QED) is 0.485. The third-order valence-electron chi connectivity index (χ3n) is 9.64. The molecule has 2 unspecified atom stereocenters. The molecule has 3 aliphatic heterocycles. The second-order valence-corrected chi connectivity index (χ2v) is 14.6. The number of rotatable bonds is 7. The van der Waals surface area contributed by atoms with E-state index in [4.69, 9.17) is 9.47 Å². The fourth-order valence-corrected chi connectivity index (χ4v) is 7.51. The van der Waals surface area contributed by atoms with Crippen molar-refractivity contribution in [3.05, 3.63) is 65.2 Å². The summed E-state index contributed by atoms with van der Waals surface area (Å²) in [5.41, 5.74) is 3.65. The summed E-state index contributed by atoms with van der Waals surface area (Å²) < 4.78 is 11.8. The maximum absolute atomic E-state index is 14.6. The van der Waals surface area contributed by atoms with Crippen molar-refractivity contribution in [2.75, 3.05) is 31.2 Å². The number of anilines is 1. The summed E-state index contributed by atoms with van der Waals surface area (Å²) in [6, 6.07) is 13.8. The van der Waals surface area contributed by atoms with E-state index in [0.29, 0.717) is 25.2 Å². The molecule has 2 aromatic carbocycles. The molecule has 242 valence electrons. The lowest BCUT2D eigenvalue weighted by atomic mass is 9.87. The van der Waals surface area contributed by atoms with Gasteiger partial charge in [0.25, 0.3) is 0 Å². The van der Waals surface area contributed by atoms with E-state index in [1.54, 1.807) is 4.90 Å². The van der Waals surface area contributed by atoms with Gasteiger partial charge in [-0.1, -0.05) is 50.2 Å². The van der Waals surface area contributed by atoms with Gasteiger partial charge in [-0.25, -0.2) is 0 Å². The topological polar surface area (TPSA) is 100 Å². The van der Waals surface area contributed by atoms with Crippen molar-refractivity contribution in [1.82, 2.24) is 15.5 Å². The molecular weight excluding hydrogens is 568 g/mol. The Labute approximate surface area is 267 Å². The zero-order valence-electron chi connectivity index (χ0n) is 27.3. The number of piperazine rings is 1. The number of piperidine rings is 1. The molecule has 3 saturated heterocycles. The number of carbonyl (C=O) groups is 3. The highest BCUT2D eigenvalue weighted by molar-refractivity contribution is 6.00. The maximum atomic E-state index is 14.6. The molecule has 9 heteroatoms. The Morgan fingerprint density at radius 1 is 0.978 bits per heavy atom. The third kappa shape index (κ3) is 6.61. The van der Waals surface area contributed by atoms with E-state index in [1.807, 2.05) is 71.0 Å². The molecule has 2 aromatic rings. The Morgan fingerprint density at radius 2 is 1.58 bits per heavy atom. The van der Waals surface area contributed by atoms with Crippen molar-refractivity contribution in [1.29, 1.82) is 0 Å². The van der Waals surface area contributed by atoms with Crippen molar-refractivity contribution in [3.63, 3.8) is 0 Å². The van der Waals surface area contributed by atoms with Crippen LogP contribution in [0.1, 0.15) is 76.6 Å². The normalized spacial score (nSPS) is 24.2. The lowest BCUT2D eigenvalue weighted by molar-refractivity contribution is -0.169. The van der Waals surface area contributed by atoms with Crippen LogP contribution in [0, 0.1) is 11.8 Å². The number of nitrogens with one attached hydrogen (secondary N) is 2. The van der Waals surface area contributed by atoms with E-state index in [1.165, 1.54) is 11.1 Å². The van der Waals surface area contributed by atoms with Gasteiger partial charge < -0.3 is 29.9 Å². The lowest BCUT2D eigenvalue weighted by Crippen LogP contribution is -2.67. The van der Waals surface area contributed by atoms with E-state index < -0.39 is 29.5 Å². The number of ether oxygens (including phenoxy) is 2. The number of hydrogen-bond acceptors (Lipinski definition) is 6. The third-order valence-corrected chi connectivity index (χ3v) is 9.64. The standard InChI is InChI=1S/C36H48N4O5/c1-23(2)20-29-32(41)37-30(27-21-25-8-6-7-9-26(25)22-27)34(43)40(29)31(33(42)38-35(3,4)5)24-10-12-28(13-11-24)39-16-14-36(15-17-39)44-18-19-45-36/h6-13,23,27,29-31H,14-22H2,1-5H3,(H,37,41)(H,38,42)/t29-,30?,31?/m1/s1. The van der Waals surface area contributed by atoms with Crippen LogP contribution in [-0.4, -0.2) is 72.3 Å². The molecule has 0 bridgehead atoms. The second kappa shape index (κ2) is 12.4. The number of nitrogens with zero attached hydrogens (tertiary/aromatic N) is 2. The van der Waals surface area contributed by atoms with Gasteiger partial charge in [0.2, 0.25) is 17.7 Å². The minimum Gasteiger partial charge on any atom is -0.371 e. The Bertz CT molecular complexity index is 1380. The zero-order valence-corrected chi connectivity index (χ0v) is 27.3. The molecule has 3 fully saturated rings. The SMILES string of the molecule is CC(C)C[C@@H]1C(=O)NC(C2Cc3ccccc3C2)C(=O)N1C(C(=O)NC(C)(C)C)c1ccc(N2CCC3(CC2)OCCO3)cc1. The summed E-state index contributed by atoms with van der Waals surface area (Å²) in [6.45, 7) is 12.8. The molecule has 0 radical (unpaired) electrons. The largest absolute Gasteiger partial charge is 0.371 e. The van der Waals surface area contributed by atoms with Crippen LogP contribution in [-0.2, 0) is 36.7 Å². The van der Waals surface area contributed by atoms with E-state index in [9.17, 15) is 14.4 Å². The Balaban J connectivity index is 1.31. The van der Waals surface area contributed by atoms with Gasteiger partial charge in [-0.15, -0.1) is 0 Å². The number of amides is 3. The molecule has 6 rings (SSSR count). The smallest absolute Gasteiger partial charge is 0.247 e. The average molecular weight is 617 g/mol. The van der Waals surface area contributed by atoms with Gasteiger partial charge in [0.05, 0.1) is 13.2 Å². The van der Waals surface area contributed by atoms with Crippen molar-refractivity contribution >= 4 is 23.4 Å². The number of hydrogen-bond donors (Lipinski definition) is 2. The van der Waals surface area contributed by atoms with Crippen molar-refractivity contribution in [2.24, 2.45) is 11.8 Å².